The van der Waals surface area contributed by atoms with Gasteiger partial charge in [0.1, 0.15) is 5.01 Å². The molecule has 0 fully saturated rings. The number of aromatic nitrogens is 1. The third-order valence-electron chi connectivity index (χ3n) is 3.31. The van der Waals surface area contributed by atoms with Gasteiger partial charge in [0, 0.05) is 28.4 Å². The molecule has 0 aliphatic carbocycles. The number of rotatable bonds is 3. The summed E-state index contributed by atoms with van der Waals surface area (Å²) in [6, 6.07) is 13.6. The first-order valence-corrected chi connectivity index (χ1v) is 7.89. The second-order valence-electron chi connectivity index (χ2n) is 5.25. The summed E-state index contributed by atoms with van der Waals surface area (Å²) in [7, 11) is 0. The van der Waals surface area contributed by atoms with Gasteiger partial charge in [0.25, 0.3) is 5.91 Å². The number of aryl methyl sites for hydroxylation is 2. The topological polar surface area (TPSA) is 42.0 Å². The fourth-order valence-electron chi connectivity index (χ4n) is 2.37. The number of carbonyl (C=O) groups is 1. The van der Waals surface area contributed by atoms with Crippen LogP contribution in [0, 0.1) is 13.8 Å². The lowest BCUT2D eigenvalue weighted by Crippen LogP contribution is -2.12. The van der Waals surface area contributed by atoms with Crippen LogP contribution in [0.15, 0.2) is 54.0 Å². The monoisotopic (exact) mass is 308 g/mol. The molecule has 3 rings (SSSR count). The Kier molecular flexibility index (Phi) is 4.02. The third-order valence-corrected chi connectivity index (χ3v) is 4.13. The van der Waals surface area contributed by atoms with E-state index in [0.717, 1.165) is 27.4 Å². The molecule has 0 bridgehead atoms. The van der Waals surface area contributed by atoms with Crippen molar-refractivity contribution in [1.29, 1.82) is 0 Å². The van der Waals surface area contributed by atoms with Crippen LogP contribution in [0.1, 0.15) is 21.5 Å². The second kappa shape index (κ2) is 6.12. The molecule has 0 spiro atoms. The summed E-state index contributed by atoms with van der Waals surface area (Å²) in [5.74, 6) is -0.0891. The predicted octanol–water partition coefficient (Wildman–Crippen LogP) is 4.68. The molecule has 22 heavy (non-hydrogen) atoms. The first-order chi connectivity index (χ1) is 10.6. The van der Waals surface area contributed by atoms with Crippen LogP contribution in [-0.2, 0) is 0 Å². The lowest BCUT2D eigenvalue weighted by atomic mass is 10.1. The van der Waals surface area contributed by atoms with E-state index in [1.54, 1.807) is 17.5 Å². The molecule has 2 aromatic carbocycles. The average molecular weight is 308 g/mol. The number of benzene rings is 2. The van der Waals surface area contributed by atoms with Crippen LogP contribution in [0.3, 0.4) is 0 Å². The highest BCUT2D eigenvalue weighted by molar-refractivity contribution is 7.13. The molecule has 3 nitrogen and oxygen atoms in total. The van der Waals surface area contributed by atoms with Crippen molar-refractivity contribution in [2.45, 2.75) is 13.8 Å². The van der Waals surface area contributed by atoms with E-state index in [-0.39, 0.29) is 5.91 Å². The Balaban J connectivity index is 1.76. The Labute approximate surface area is 133 Å². The Bertz CT molecular complexity index is 772. The standard InChI is InChI=1S/C18H16N2OS/c1-12-9-13(2)11-15(10-12)17(21)20-16-5-3-14(4-6-16)18-19-7-8-22-18/h3-11H,1-2H3,(H,20,21). The summed E-state index contributed by atoms with van der Waals surface area (Å²) in [5.41, 5.74) is 4.69. The zero-order valence-corrected chi connectivity index (χ0v) is 13.3. The van der Waals surface area contributed by atoms with E-state index < -0.39 is 0 Å². The van der Waals surface area contributed by atoms with Crippen molar-refractivity contribution in [3.8, 4) is 10.6 Å². The Hall–Kier alpha value is -2.46. The van der Waals surface area contributed by atoms with E-state index >= 15 is 0 Å². The summed E-state index contributed by atoms with van der Waals surface area (Å²) >= 11 is 1.60. The summed E-state index contributed by atoms with van der Waals surface area (Å²) in [5, 5.41) is 5.86. The summed E-state index contributed by atoms with van der Waals surface area (Å²) in [6.45, 7) is 3.99. The van der Waals surface area contributed by atoms with Gasteiger partial charge in [-0.05, 0) is 50.2 Å². The first kappa shape index (κ1) is 14.5. The summed E-state index contributed by atoms with van der Waals surface area (Å²) in [6.07, 6.45) is 1.79. The largest absolute Gasteiger partial charge is 0.322 e. The van der Waals surface area contributed by atoms with Gasteiger partial charge in [-0.15, -0.1) is 11.3 Å². The van der Waals surface area contributed by atoms with Crippen molar-refractivity contribution < 1.29 is 4.79 Å². The van der Waals surface area contributed by atoms with Gasteiger partial charge in [-0.1, -0.05) is 17.2 Å². The minimum Gasteiger partial charge on any atom is -0.322 e. The number of nitrogens with one attached hydrogen (secondary N) is 1. The normalized spacial score (nSPS) is 10.5. The highest BCUT2D eigenvalue weighted by Gasteiger charge is 2.08. The van der Waals surface area contributed by atoms with E-state index in [1.165, 1.54) is 0 Å². The smallest absolute Gasteiger partial charge is 0.255 e. The summed E-state index contributed by atoms with van der Waals surface area (Å²) < 4.78 is 0. The Morgan fingerprint density at radius 1 is 1.05 bits per heavy atom. The van der Waals surface area contributed by atoms with E-state index in [2.05, 4.69) is 16.4 Å². The number of anilines is 1. The van der Waals surface area contributed by atoms with E-state index in [0.29, 0.717) is 5.56 Å². The third kappa shape index (κ3) is 3.23. The van der Waals surface area contributed by atoms with Gasteiger partial charge in [0.15, 0.2) is 0 Å². The van der Waals surface area contributed by atoms with Crippen molar-refractivity contribution in [3.05, 3.63) is 70.7 Å². The highest BCUT2D eigenvalue weighted by Crippen LogP contribution is 2.23. The lowest BCUT2D eigenvalue weighted by Gasteiger charge is -2.07. The first-order valence-electron chi connectivity index (χ1n) is 7.01. The maximum absolute atomic E-state index is 12.3. The van der Waals surface area contributed by atoms with Gasteiger partial charge < -0.3 is 5.32 Å². The maximum atomic E-state index is 12.3. The maximum Gasteiger partial charge on any atom is 0.255 e. The molecule has 1 heterocycles. The minimum absolute atomic E-state index is 0.0891. The Morgan fingerprint density at radius 3 is 2.32 bits per heavy atom. The molecule has 1 N–H and O–H groups in total. The number of nitrogens with zero attached hydrogens (tertiary/aromatic N) is 1. The molecule has 110 valence electrons. The van der Waals surface area contributed by atoms with Crippen molar-refractivity contribution in [3.63, 3.8) is 0 Å². The molecular formula is C18H16N2OS. The number of thiazole rings is 1. The van der Waals surface area contributed by atoms with E-state index in [9.17, 15) is 4.79 Å². The Morgan fingerprint density at radius 2 is 1.73 bits per heavy atom. The van der Waals surface area contributed by atoms with Crippen LogP contribution in [0.5, 0.6) is 0 Å². The van der Waals surface area contributed by atoms with Crippen LogP contribution in [0.4, 0.5) is 5.69 Å². The number of hydrogen-bond acceptors (Lipinski definition) is 3. The van der Waals surface area contributed by atoms with Gasteiger partial charge in [0.05, 0.1) is 0 Å². The SMILES string of the molecule is Cc1cc(C)cc(C(=O)Nc2ccc(-c3nccs3)cc2)c1. The average Bonchev–Trinajstić information content (AvgIpc) is 3.01. The fraction of sp³-hybridized carbons (Fsp3) is 0.111. The molecule has 0 radical (unpaired) electrons. The molecule has 3 aromatic rings. The molecule has 0 aliphatic heterocycles. The van der Waals surface area contributed by atoms with Gasteiger partial charge in [0.2, 0.25) is 0 Å². The zero-order chi connectivity index (χ0) is 15.5. The number of amides is 1. The van der Waals surface area contributed by atoms with Crippen LogP contribution in [-0.4, -0.2) is 10.9 Å². The fourth-order valence-corrected chi connectivity index (χ4v) is 3.02. The molecule has 0 saturated heterocycles. The van der Waals surface area contributed by atoms with Crippen LogP contribution >= 0.6 is 11.3 Å². The molecule has 0 unspecified atom stereocenters. The summed E-state index contributed by atoms with van der Waals surface area (Å²) in [4.78, 5) is 16.6. The highest BCUT2D eigenvalue weighted by atomic mass is 32.1. The van der Waals surface area contributed by atoms with Crippen molar-refractivity contribution in [2.24, 2.45) is 0 Å². The molecular weight excluding hydrogens is 292 g/mol. The zero-order valence-electron chi connectivity index (χ0n) is 12.5. The van der Waals surface area contributed by atoms with E-state index in [1.807, 2.05) is 55.6 Å². The van der Waals surface area contributed by atoms with Gasteiger partial charge >= 0.3 is 0 Å². The van der Waals surface area contributed by atoms with Gasteiger partial charge in [-0.3, -0.25) is 4.79 Å². The second-order valence-corrected chi connectivity index (χ2v) is 6.14. The van der Waals surface area contributed by atoms with Crippen LogP contribution < -0.4 is 5.32 Å². The van der Waals surface area contributed by atoms with Crippen LogP contribution in [0.25, 0.3) is 10.6 Å². The van der Waals surface area contributed by atoms with Crippen LogP contribution in [0.2, 0.25) is 0 Å². The predicted molar refractivity (Wildman–Crippen MR) is 91.4 cm³/mol. The molecule has 1 aromatic heterocycles. The lowest BCUT2D eigenvalue weighted by molar-refractivity contribution is 0.102. The van der Waals surface area contributed by atoms with Crippen molar-refractivity contribution in [1.82, 2.24) is 4.98 Å². The molecule has 1 amide bonds. The quantitative estimate of drug-likeness (QED) is 0.763. The number of hydrogen-bond donors (Lipinski definition) is 1. The van der Waals surface area contributed by atoms with E-state index in [4.69, 9.17) is 0 Å². The molecule has 0 aliphatic rings. The van der Waals surface area contributed by atoms with Gasteiger partial charge in [-0.25, -0.2) is 4.98 Å². The van der Waals surface area contributed by atoms with Crippen molar-refractivity contribution in [2.75, 3.05) is 5.32 Å². The molecule has 0 atom stereocenters. The van der Waals surface area contributed by atoms with Gasteiger partial charge in [-0.2, -0.15) is 0 Å². The van der Waals surface area contributed by atoms with Crippen molar-refractivity contribution >= 4 is 22.9 Å². The molecule has 4 heteroatoms. The minimum atomic E-state index is -0.0891. The number of carbonyl (C=O) groups excluding carboxylic acids is 1. The molecule has 0 saturated carbocycles.